The molecule has 0 radical (unpaired) electrons. The highest BCUT2D eigenvalue weighted by atomic mass is 16.5. The van der Waals surface area contributed by atoms with Gasteiger partial charge in [0.15, 0.2) is 0 Å². The van der Waals surface area contributed by atoms with Crippen molar-refractivity contribution in [2.75, 3.05) is 28.9 Å². The highest BCUT2D eigenvalue weighted by molar-refractivity contribution is 5.86. The summed E-state index contributed by atoms with van der Waals surface area (Å²) in [6.07, 6.45) is 0. The van der Waals surface area contributed by atoms with Gasteiger partial charge in [-0.3, -0.25) is 0 Å². The van der Waals surface area contributed by atoms with Crippen molar-refractivity contribution < 1.29 is 24.8 Å². The van der Waals surface area contributed by atoms with Crippen molar-refractivity contribution in [3.8, 4) is 62.1 Å². The van der Waals surface area contributed by atoms with Crippen LogP contribution in [0.25, 0.3) is 33.4 Å². The number of hydrogen-bond acceptors (Lipinski definition) is 8. The Morgan fingerprint density at radius 1 is 0.254 bits per heavy atom. The van der Waals surface area contributed by atoms with Gasteiger partial charge in [-0.2, -0.15) is 0 Å². The first-order chi connectivity index (χ1) is 34.7. The van der Waals surface area contributed by atoms with Gasteiger partial charge in [0.1, 0.15) is 28.7 Å². The molecule has 0 fully saturated rings. The fourth-order valence-corrected chi connectivity index (χ4v) is 8.84. The molecule has 0 saturated heterocycles. The van der Waals surface area contributed by atoms with E-state index < -0.39 is 0 Å². The van der Waals surface area contributed by atoms with Crippen LogP contribution in [-0.2, 0) is 0 Å². The molecule has 0 aliphatic heterocycles. The van der Waals surface area contributed by atoms with Gasteiger partial charge in [-0.1, -0.05) is 54.1 Å². The topological polar surface area (TPSA) is 88.9 Å². The number of phenolic OH excluding ortho intramolecular Hbond substituents is 3. The molecule has 0 atom stereocenters. The Bertz CT molecular complexity index is 3070. The molecule has 0 aliphatic carbocycles. The third-order valence-corrected chi connectivity index (χ3v) is 12.6. The number of hydrogen-bond donors (Lipinski definition) is 3. The number of aromatic hydroxyl groups is 3. The van der Waals surface area contributed by atoms with Gasteiger partial charge in [-0.15, -0.1) is 0 Å². The van der Waals surface area contributed by atoms with Crippen molar-refractivity contribution in [2.24, 2.45) is 0 Å². The Morgan fingerprint density at radius 2 is 0.451 bits per heavy atom. The van der Waals surface area contributed by atoms with E-state index in [1.54, 1.807) is 50.6 Å². The van der Waals surface area contributed by atoms with E-state index in [1.807, 2.05) is 60.7 Å². The van der Waals surface area contributed by atoms with E-state index in [0.29, 0.717) is 0 Å². The maximum atomic E-state index is 10.2. The van der Waals surface area contributed by atoms with Crippen LogP contribution >= 0.6 is 0 Å². The summed E-state index contributed by atoms with van der Waals surface area (Å²) in [5.41, 5.74) is 16.0. The van der Waals surface area contributed by atoms with Crippen LogP contribution in [0.15, 0.2) is 237 Å². The SMILES string of the molecule is COc1ccc(N(c2ccc(OC)cc2)c2ccc(-c3cc(-c4ccc(N(c5ccc(C)cc5)c5ccc(O)cc5)cc4)cc(-c4ccc(N(c5ccc(O)cc5)c5ccc(O)cc5)cc4)c3)cc2)cc1. The standard InChI is InChI=1S/C63H51N3O5/c1-43-4-12-50(13-5-43)64(54-20-30-59(67)31-21-54)51-14-6-44(7-15-51)47-40-48(45-8-16-52(17-9-45)65(55-22-32-60(68)33-23-55)56-24-34-61(69)35-25-56)42-49(41-47)46-10-18-53(19-11-46)66(57-26-36-62(70-2)37-27-57)58-28-38-63(71-3)39-29-58/h4-42,67-69H,1-3H3. The molecule has 0 spiro atoms. The van der Waals surface area contributed by atoms with Crippen molar-refractivity contribution in [1.29, 1.82) is 0 Å². The first-order valence-electron chi connectivity index (χ1n) is 23.3. The van der Waals surface area contributed by atoms with E-state index in [0.717, 1.165) is 96.1 Å². The lowest BCUT2D eigenvalue weighted by Crippen LogP contribution is -2.09. The summed E-state index contributed by atoms with van der Waals surface area (Å²) >= 11 is 0. The van der Waals surface area contributed by atoms with Crippen LogP contribution in [0, 0.1) is 6.92 Å². The highest BCUT2D eigenvalue weighted by Gasteiger charge is 2.18. The normalized spacial score (nSPS) is 10.9. The van der Waals surface area contributed by atoms with E-state index in [-0.39, 0.29) is 17.2 Å². The maximum absolute atomic E-state index is 10.2. The van der Waals surface area contributed by atoms with Crippen LogP contribution in [0.1, 0.15) is 5.56 Å². The molecule has 0 aromatic heterocycles. The van der Waals surface area contributed by atoms with E-state index >= 15 is 0 Å². The molecular weight excluding hydrogens is 879 g/mol. The fraction of sp³-hybridized carbons (Fsp3) is 0.0476. The molecular formula is C63H51N3O5. The van der Waals surface area contributed by atoms with Gasteiger partial charge in [-0.25, -0.2) is 0 Å². The summed E-state index contributed by atoms with van der Waals surface area (Å²) in [4.78, 5) is 6.49. The summed E-state index contributed by atoms with van der Waals surface area (Å²) in [6.45, 7) is 2.08. The van der Waals surface area contributed by atoms with Gasteiger partial charge in [0.05, 0.1) is 14.2 Å². The summed E-state index contributed by atoms with van der Waals surface area (Å²) < 4.78 is 11.0. The van der Waals surface area contributed by atoms with Crippen molar-refractivity contribution in [3.05, 3.63) is 242 Å². The third kappa shape index (κ3) is 9.95. The maximum Gasteiger partial charge on any atom is 0.119 e. The Kier molecular flexibility index (Phi) is 12.8. The number of aryl methyl sites for hydroxylation is 1. The molecule has 10 aromatic rings. The summed E-state index contributed by atoms with van der Waals surface area (Å²) in [5, 5.41) is 30.4. The number of rotatable bonds is 14. The van der Waals surface area contributed by atoms with Crippen LogP contribution in [0.2, 0.25) is 0 Å². The molecule has 71 heavy (non-hydrogen) atoms. The Labute approximate surface area is 414 Å². The minimum Gasteiger partial charge on any atom is -0.508 e. The van der Waals surface area contributed by atoms with Crippen LogP contribution in [0.3, 0.4) is 0 Å². The number of benzene rings is 10. The molecule has 348 valence electrons. The van der Waals surface area contributed by atoms with E-state index in [2.05, 4.69) is 161 Å². The summed E-state index contributed by atoms with van der Waals surface area (Å²) in [7, 11) is 3.35. The third-order valence-electron chi connectivity index (χ3n) is 12.6. The zero-order valence-electron chi connectivity index (χ0n) is 39.5. The zero-order valence-corrected chi connectivity index (χ0v) is 39.5. The van der Waals surface area contributed by atoms with Crippen molar-refractivity contribution in [2.45, 2.75) is 6.92 Å². The summed E-state index contributed by atoms with van der Waals surface area (Å²) in [6, 6.07) is 78.5. The van der Waals surface area contributed by atoms with Gasteiger partial charge in [0, 0.05) is 51.2 Å². The first-order valence-corrected chi connectivity index (χ1v) is 23.3. The average molecular weight is 930 g/mol. The van der Waals surface area contributed by atoms with Crippen molar-refractivity contribution in [1.82, 2.24) is 0 Å². The fourth-order valence-electron chi connectivity index (χ4n) is 8.84. The smallest absolute Gasteiger partial charge is 0.119 e. The molecule has 0 aliphatic rings. The van der Waals surface area contributed by atoms with Crippen LogP contribution in [-0.4, -0.2) is 29.5 Å². The monoisotopic (exact) mass is 929 g/mol. The van der Waals surface area contributed by atoms with E-state index in [1.165, 1.54) is 5.56 Å². The van der Waals surface area contributed by atoms with Crippen LogP contribution in [0.5, 0.6) is 28.7 Å². The molecule has 0 amide bonds. The molecule has 0 heterocycles. The molecule has 8 nitrogen and oxygen atoms in total. The Balaban J connectivity index is 1.06. The molecule has 10 rings (SSSR count). The predicted molar refractivity (Wildman–Crippen MR) is 290 cm³/mol. The lowest BCUT2D eigenvalue weighted by molar-refractivity contribution is 0.415. The number of methoxy groups -OCH3 is 2. The highest BCUT2D eigenvalue weighted by Crippen LogP contribution is 2.42. The lowest BCUT2D eigenvalue weighted by atomic mass is 9.93. The molecule has 10 aromatic carbocycles. The zero-order chi connectivity index (χ0) is 48.8. The number of phenols is 3. The van der Waals surface area contributed by atoms with Gasteiger partial charge < -0.3 is 39.5 Å². The lowest BCUT2D eigenvalue weighted by Gasteiger charge is -2.26. The predicted octanol–water partition coefficient (Wildman–Crippen LogP) is 16.5. The summed E-state index contributed by atoms with van der Waals surface area (Å²) in [5.74, 6) is 2.15. The molecule has 8 heteroatoms. The van der Waals surface area contributed by atoms with Gasteiger partial charge >= 0.3 is 0 Å². The van der Waals surface area contributed by atoms with E-state index in [9.17, 15) is 15.3 Å². The first kappa shape index (κ1) is 45.4. The van der Waals surface area contributed by atoms with Crippen molar-refractivity contribution >= 4 is 51.2 Å². The van der Waals surface area contributed by atoms with Crippen LogP contribution < -0.4 is 24.2 Å². The number of ether oxygens (including phenoxy) is 2. The average Bonchev–Trinajstić information content (AvgIpc) is 3.42. The van der Waals surface area contributed by atoms with Gasteiger partial charge in [0.25, 0.3) is 0 Å². The van der Waals surface area contributed by atoms with Crippen LogP contribution in [0.4, 0.5) is 51.2 Å². The quantitative estimate of drug-likeness (QED) is 0.0994. The Hall–Kier alpha value is -9.40. The van der Waals surface area contributed by atoms with Crippen molar-refractivity contribution in [3.63, 3.8) is 0 Å². The number of nitrogens with zero attached hydrogens (tertiary/aromatic N) is 3. The van der Waals surface area contributed by atoms with Gasteiger partial charge in [-0.05, 0) is 228 Å². The van der Waals surface area contributed by atoms with E-state index in [4.69, 9.17) is 9.47 Å². The molecule has 3 N–H and O–H groups in total. The second-order valence-corrected chi connectivity index (χ2v) is 17.2. The second-order valence-electron chi connectivity index (χ2n) is 17.2. The minimum absolute atomic E-state index is 0.183. The Morgan fingerprint density at radius 3 is 0.676 bits per heavy atom. The number of anilines is 9. The van der Waals surface area contributed by atoms with Gasteiger partial charge in [0.2, 0.25) is 0 Å². The molecule has 0 bridgehead atoms. The minimum atomic E-state index is 0.183. The largest absolute Gasteiger partial charge is 0.508 e. The second kappa shape index (κ2) is 20.1. The molecule has 0 saturated carbocycles. The molecule has 0 unspecified atom stereocenters.